The Hall–Kier alpha value is -8.12. The highest BCUT2D eigenvalue weighted by atomic mass is 35.5. The van der Waals surface area contributed by atoms with Gasteiger partial charge in [-0.05, 0) is 138 Å². The number of likely N-dealkylation sites (N-methyl/N-ethyl adjacent to an activating group) is 1. The summed E-state index contributed by atoms with van der Waals surface area (Å²) in [4.78, 5) is 131. The van der Waals surface area contributed by atoms with Crippen molar-refractivity contribution in [2.45, 2.75) is 134 Å². The molecule has 0 spiro atoms. The molecule has 5 N–H and O–H groups in total. The van der Waals surface area contributed by atoms with Crippen LogP contribution >= 0.6 is 11.6 Å². The maximum atomic E-state index is 14.6. The summed E-state index contributed by atoms with van der Waals surface area (Å²) in [6.45, 7) is 4.22. The van der Waals surface area contributed by atoms with Gasteiger partial charge in [-0.25, -0.2) is 14.5 Å². The van der Waals surface area contributed by atoms with Crippen LogP contribution in [0, 0.1) is 11.3 Å². The van der Waals surface area contributed by atoms with Gasteiger partial charge in [0.25, 0.3) is 5.91 Å². The maximum Gasteiger partial charge on any atom is 0.416 e. The van der Waals surface area contributed by atoms with Crippen molar-refractivity contribution in [3.63, 3.8) is 0 Å². The molecule has 1 unspecified atom stereocenters. The molecule has 0 aromatic heterocycles. The van der Waals surface area contributed by atoms with E-state index in [2.05, 4.69) is 20.9 Å². The number of alkyl halides is 1. The van der Waals surface area contributed by atoms with Gasteiger partial charge in [0.15, 0.2) is 29.3 Å². The van der Waals surface area contributed by atoms with Crippen molar-refractivity contribution in [3.05, 3.63) is 95.6 Å². The molecule has 24 heteroatoms. The fraction of sp³-hybridized carbons (Fsp3) is 0.522. The Morgan fingerprint density at radius 2 is 1.49 bits per heavy atom. The number of allylic oxidation sites excluding steroid dienone is 2. The third-order valence-corrected chi connectivity index (χ3v) is 19.4. The standard InChI is InChI=1S/C69H86ClN9O14/c1-75-33-35-76(36-34-75)67(87)93-57-40-54-61(48-17-9-8-16-47(48)57)45(41-70)42-78(54)60(82)21-7-5-13-37-91-59-39-53-50(38-58(59)89-2)63(84)77-32-14-20-52(77)64(90-3)79(53)68(88)92-43-44-22-24-46(25-23-44)73-62(83)51(19-10-11-30-71)74-66(86)69(28-15-29-69)65(85)72-31-12-4-6-18-49-55(80)26-27-56(49)81/h8-9,16-17,22-27,38-40,45,49,51-52,64H,4-7,10-15,18-21,28-37,41-43,71H2,1-3H3,(H,72,85)(H,73,83)(H,74,86)/t45-,51+,52+,64?/m1/s1. The van der Waals surface area contributed by atoms with Gasteiger partial charge in [-0.1, -0.05) is 55.7 Å². The van der Waals surface area contributed by atoms with E-state index in [-0.39, 0.29) is 78.1 Å². The Morgan fingerprint density at radius 1 is 0.763 bits per heavy atom. The van der Waals surface area contributed by atoms with Crippen molar-refractivity contribution in [1.29, 1.82) is 0 Å². The van der Waals surface area contributed by atoms with Crippen molar-refractivity contribution in [2.24, 2.45) is 17.1 Å². The molecular formula is C69H86ClN9O14. The molecule has 2 aliphatic carbocycles. The number of hydrogen-bond acceptors (Lipinski definition) is 16. The summed E-state index contributed by atoms with van der Waals surface area (Å²) < 4.78 is 30.3. The number of ether oxygens (including phenoxy) is 5. The van der Waals surface area contributed by atoms with Gasteiger partial charge in [-0.15, -0.1) is 11.6 Å². The second kappa shape index (κ2) is 31.2. The van der Waals surface area contributed by atoms with E-state index in [0.29, 0.717) is 158 Å². The average Bonchev–Trinajstić information content (AvgIpc) is 1.67. The minimum Gasteiger partial charge on any atom is -0.493 e. The van der Waals surface area contributed by atoms with Crippen LogP contribution in [-0.2, 0) is 44.8 Å². The molecule has 4 atom stereocenters. The number of fused-ring (bicyclic) bond motifs is 5. The summed E-state index contributed by atoms with van der Waals surface area (Å²) in [5.74, 6) is -1.56. The number of methoxy groups -OCH3 is 2. The number of halogens is 1. The number of piperazine rings is 1. The molecule has 498 valence electrons. The van der Waals surface area contributed by atoms with Crippen LogP contribution in [0.1, 0.15) is 130 Å². The minimum absolute atomic E-state index is 0.0735. The predicted octanol–water partition coefficient (Wildman–Crippen LogP) is 8.36. The van der Waals surface area contributed by atoms with Gasteiger partial charge in [0.1, 0.15) is 23.8 Å². The number of hydrogen-bond donors (Lipinski definition) is 4. The number of amides is 7. The van der Waals surface area contributed by atoms with E-state index in [1.165, 1.54) is 31.3 Å². The predicted molar refractivity (Wildman–Crippen MR) is 350 cm³/mol. The Bertz CT molecular complexity index is 3440. The molecule has 4 heterocycles. The molecular weight excluding hydrogens is 1210 g/mol. The van der Waals surface area contributed by atoms with Gasteiger partial charge >= 0.3 is 12.2 Å². The lowest BCUT2D eigenvalue weighted by Gasteiger charge is -2.39. The Labute approximate surface area is 547 Å². The lowest BCUT2D eigenvalue weighted by Crippen LogP contribution is -2.58. The Kier molecular flexibility index (Phi) is 22.7. The highest BCUT2D eigenvalue weighted by molar-refractivity contribution is 6.19. The van der Waals surface area contributed by atoms with Gasteiger partial charge in [0, 0.05) is 94.3 Å². The summed E-state index contributed by atoms with van der Waals surface area (Å²) >= 11 is 6.57. The summed E-state index contributed by atoms with van der Waals surface area (Å²) in [7, 11) is 4.98. The van der Waals surface area contributed by atoms with E-state index in [9.17, 15) is 43.2 Å². The van der Waals surface area contributed by atoms with Crippen LogP contribution < -0.4 is 45.7 Å². The van der Waals surface area contributed by atoms with E-state index in [0.717, 1.165) is 29.4 Å². The van der Waals surface area contributed by atoms with E-state index in [4.69, 9.17) is 41.0 Å². The number of carbonyl (C=O) groups excluding carboxylic acids is 9. The van der Waals surface area contributed by atoms with Crippen molar-refractivity contribution in [2.75, 3.05) is 101 Å². The smallest absolute Gasteiger partial charge is 0.416 e. The first kappa shape index (κ1) is 67.8. The molecule has 6 aliphatic rings. The molecule has 4 aromatic rings. The summed E-state index contributed by atoms with van der Waals surface area (Å²) in [6, 6.07) is 18.0. The van der Waals surface area contributed by atoms with Crippen LogP contribution in [0.25, 0.3) is 10.8 Å². The lowest BCUT2D eigenvalue weighted by atomic mass is 9.67. The SMILES string of the molecule is COc1cc2c(cc1OCCCCCC(=O)N1C[C@@H](CCl)c3c1cc(OC(=O)N1CCN(C)CC1)c1ccccc31)N(C(=O)OCc1ccc(NC(=O)[C@H](CCCCN)NC(=O)C3(C(=O)NCCCCCC4C(=O)C=CC4=O)CCC3)cc1)C(OC)[C@@H]1CCCN1C2=O. The second-order valence-electron chi connectivity index (χ2n) is 25.0. The highest BCUT2D eigenvalue weighted by Crippen LogP contribution is 2.47. The molecule has 10 rings (SSSR count). The minimum atomic E-state index is -1.31. The normalized spacial score (nSPS) is 19.5. The molecule has 93 heavy (non-hydrogen) atoms. The van der Waals surface area contributed by atoms with Crippen molar-refractivity contribution in [1.82, 2.24) is 25.3 Å². The summed E-state index contributed by atoms with van der Waals surface area (Å²) in [6.07, 6.45) is 8.99. The summed E-state index contributed by atoms with van der Waals surface area (Å²) in [5, 5.41) is 10.4. The zero-order valence-corrected chi connectivity index (χ0v) is 54.1. The zero-order valence-electron chi connectivity index (χ0n) is 53.4. The van der Waals surface area contributed by atoms with Crippen LogP contribution in [0.5, 0.6) is 17.2 Å². The fourth-order valence-corrected chi connectivity index (χ4v) is 13.7. The van der Waals surface area contributed by atoms with E-state index < -0.39 is 59.6 Å². The third kappa shape index (κ3) is 15.3. The topological polar surface area (TPSA) is 278 Å². The van der Waals surface area contributed by atoms with E-state index >= 15 is 0 Å². The molecule has 0 bridgehead atoms. The number of benzene rings is 4. The first-order valence-corrected chi connectivity index (χ1v) is 33.3. The lowest BCUT2D eigenvalue weighted by molar-refractivity contribution is -0.151. The molecule has 7 amide bonds. The number of nitrogens with one attached hydrogen (secondary N) is 3. The molecule has 4 aromatic carbocycles. The number of unbranched alkanes of at least 4 members (excludes halogenated alkanes) is 5. The highest BCUT2D eigenvalue weighted by Gasteiger charge is 2.52. The number of ketones is 2. The van der Waals surface area contributed by atoms with Gasteiger partial charge in [0.05, 0.1) is 42.6 Å². The van der Waals surface area contributed by atoms with E-state index in [1.807, 2.05) is 31.3 Å². The van der Waals surface area contributed by atoms with Crippen molar-refractivity contribution >= 4 is 92.7 Å². The monoisotopic (exact) mass is 1300 g/mol. The first-order chi connectivity index (χ1) is 45.1. The number of nitrogens with zero attached hydrogens (tertiary/aromatic N) is 5. The largest absolute Gasteiger partial charge is 0.493 e. The molecule has 23 nitrogen and oxygen atoms in total. The number of anilines is 3. The van der Waals surface area contributed by atoms with Gasteiger partial charge in [0.2, 0.25) is 23.6 Å². The number of nitrogens with two attached hydrogens (primary N) is 1. The quantitative estimate of drug-likeness (QED) is 0.0236. The number of carbonyl (C=O) groups is 9. The van der Waals surface area contributed by atoms with E-state index in [1.54, 1.807) is 57.2 Å². The maximum absolute atomic E-state index is 14.6. The first-order valence-electron chi connectivity index (χ1n) is 32.7. The molecule has 0 radical (unpaired) electrons. The van der Waals surface area contributed by atoms with Crippen LogP contribution in [0.2, 0.25) is 0 Å². The average molecular weight is 1300 g/mol. The van der Waals surface area contributed by atoms with Crippen LogP contribution in [0.3, 0.4) is 0 Å². The van der Waals surface area contributed by atoms with Gasteiger partial charge in [-0.3, -0.25) is 33.6 Å². The number of rotatable bonds is 28. The zero-order chi connectivity index (χ0) is 65.8. The van der Waals surface area contributed by atoms with Crippen LogP contribution in [0.4, 0.5) is 26.7 Å². The van der Waals surface area contributed by atoms with Gasteiger partial charge in [-0.2, -0.15) is 0 Å². The van der Waals surface area contributed by atoms with Crippen LogP contribution in [0.15, 0.2) is 78.9 Å². The summed E-state index contributed by atoms with van der Waals surface area (Å²) in [5.41, 5.74) is 7.55. The molecule has 1 saturated carbocycles. The molecule has 2 saturated heterocycles. The fourth-order valence-electron chi connectivity index (χ4n) is 13.5. The van der Waals surface area contributed by atoms with Crippen LogP contribution in [-0.4, -0.2) is 172 Å². The Balaban J connectivity index is 0.743. The second-order valence-corrected chi connectivity index (χ2v) is 25.3. The van der Waals surface area contributed by atoms with Crippen molar-refractivity contribution in [3.8, 4) is 17.2 Å². The Morgan fingerprint density at radius 3 is 2.19 bits per heavy atom. The molecule has 3 fully saturated rings. The van der Waals surface area contributed by atoms with Crippen molar-refractivity contribution < 1.29 is 66.8 Å². The third-order valence-electron chi connectivity index (χ3n) is 19.0. The van der Waals surface area contributed by atoms with Gasteiger partial charge < -0.3 is 65.0 Å². The molecule has 4 aliphatic heterocycles.